The SMILES string of the molecule is [N-]=[N+]=N[C@H](C(=O)Cl)c1ccccc1. The Hall–Kier alpha value is -1.51. The van der Waals surface area contributed by atoms with E-state index in [1.807, 2.05) is 0 Å². The van der Waals surface area contributed by atoms with E-state index in [9.17, 15) is 4.79 Å². The number of hydrogen-bond acceptors (Lipinski definition) is 2. The van der Waals surface area contributed by atoms with Gasteiger partial charge in [0.05, 0.1) is 0 Å². The zero-order chi connectivity index (χ0) is 9.68. The molecule has 0 fully saturated rings. The topological polar surface area (TPSA) is 65.8 Å². The van der Waals surface area contributed by atoms with Crippen LogP contribution in [0.2, 0.25) is 0 Å². The lowest BCUT2D eigenvalue weighted by molar-refractivity contribution is -0.112. The summed E-state index contributed by atoms with van der Waals surface area (Å²) in [4.78, 5) is 13.4. The lowest BCUT2D eigenvalue weighted by Gasteiger charge is -2.04. The van der Waals surface area contributed by atoms with E-state index in [0.717, 1.165) is 0 Å². The van der Waals surface area contributed by atoms with Crippen LogP contribution >= 0.6 is 11.6 Å². The molecule has 0 heterocycles. The second-order valence-corrected chi connectivity index (χ2v) is 2.69. The van der Waals surface area contributed by atoms with Crippen molar-refractivity contribution in [3.63, 3.8) is 0 Å². The summed E-state index contributed by atoms with van der Waals surface area (Å²) in [5.41, 5.74) is 8.79. The van der Waals surface area contributed by atoms with Crippen molar-refractivity contribution in [1.29, 1.82) is 0 Å². The van der Waals surface area contributed by atoms with E-state index in [2.05, 4.69) is 10.0 Å². The Labute approximate surface area is 79.8 Å². The van der Waals surface area contributed by atoms with Crippen molar-refractivity contribution in [2.24, 2.45) is 5.11 Å². The van der Waals surface area contributed by atoms with Crippen LogP contribution in [0.15, 0.2) is 35.4 Å². The quantitative estimate of drug-likeness (QED) is 0.317. The van der Waals surface area contributed by atoms with Crippen molar-refractivity contribution < 1.29 is 4.79 Å². The van der Waals surface area contributed by atoms with Gasteiger partial charge in [0.2, 0.25) is 5.24 Å². The second-order valence-electron chi connectivity index (χ2n) is 2.32. The van der Waals surface area contributed by atoms with E-state index in [0.29, 0.717) is 5.56 Å². The van der Waals surface area contributed by atoms with E-state index >= 15 is 0 Å². The molecule has 66 valence electrons. The summed E-state index contributed by atoms with van der Waals surface area (Å²) < 4.78 is 0. The van der Waals surface area contributed by atoms with Gasteiger partial charge in [-0.15, -0.1) is 0 Å². The Morgan fingerprint density at radius 2 is 2.08 bits per heavy atom. The number of hydrogen-bond donors (Lipinski definition) is 0. The van der Waals surface area contributed by atoms with Gasteiger partial charge in [-0.1, -0.05) is 35.4 Å². The molecule has 1 aromatic rings. The minimum absolute atomic E-state index is 0.598. The average Bonchev–Trinajstić information content (AvgIpc) is 2.15. The molecule has 0 aliphatic heterocycles. The first-order chi connectivity index (χ1) is 6.25. The van der Waals surface area contributed by atoms with Crippen LogP contribution in [0.3, 0.4) is 0 Å². The van der Waals surface area contributed by atoms with Crippen LogP contribution < -0.4 is 0 Å². The van der Waals surface area contributed by atoms with Crippen molar-refractivity contribution in [2.45, 2.75) is 6.04 Å². The van der Waals surface area contributed by atoms with E-state index in [1.54, 1.807) is 30.3 Å². The molecule has 0 aliphatic rings. The van der Waals surface area contributed by atoms with Crippen molar-refractivity contribution in [3.8, 4) is 0 Å². The highest BCUT2D eigenvalue weighted by atomic mass is 35.5. The minimum atomic E-state index is -0.923. The van der Waals surface area contributed by atoms with Gasteiger partial charge in [-0.3, -0.25) is 4.79 Å². The Kier molecular flexibility index (Phi) is 3.31. The molecule has 4 nitrogen and oxygen atoms in total. The molecule has 1 aromatic carbocycles. The maximum absolute atomic E-state index is 10.8. The lowest BCUT2D eigenvalue weighted by atomic mass is 10.1. The van der Waals surface area contributed by atoms with E-state index in [4.69, 9.17) is 17.1 Å². The summed E-state index contributed by atoms with van der Waals surface area (Å²) in [5.74, 6) is 0. The van der Waals surface area contributed by atoms with Gasteiger partial charge >= 0.3 is 0 Å². The zero-order valence-corrected chi connectivity index (χ0v) is 7.35. The molecule has 0 saturated heterocycles. The number of azide groups is 1. The maximum Gasteiger partial charge on any atom is 0.235 e. The highest BCUT2D eigenvalue weighted by molar-refractivity contribution is 6.64. The first-order valence-corrected chi connectivity index (χ1v) is 3.92. The Bertz CT molecular complexity index is 344. The maximum atomic E-state index is 10.8. The van der Waals surface area contributed by atoms with Gasteiger partial charge in [-0.25, -0.2) is 0 Å². The molecule has 0 N–H and O–H groups in total. The average molecular weight is 196 g/mol. The highest BCUT2D eigenvalue weighted by Crippen LogP contribution is 2.19. The van der Waals surface area contributed by atoms with E-state index in [-0.39, 0.29) is 0 Å². The number of carbonyl (C=O) groups is 1. The molecule has 1 atom stereocenters. The number of halogens is 1. The minimum Gasteiger partial charge on any atom is -0.280 e. The van der Waals surface area contributed by atoms with Gasteiger partial charge in [0.1, 0.15) is 6.04 Å². The summed E-state index contributed by atoms with van der Waals surface area (Å²) in [6.45, 7) is 0. The largest absolute Gasteiger partial charge is 0.280 e. The van der Waals surface area contributed by atoms with Crippen LogP contribution in [0.5, 0.6) is 0 Å². The molecule has 0 radical (unpaired) electrons. The predicted octanol–water partition coefficient (Wildman–Crippen LogP) is 2.80. The van der Waals surface area contributed by atoms with Crippen LogP contribution in [-0.4, -0.2) is 5.24 Å². The van der Waals surface area contributed by atoms with Crippen LogP contribution in [0, 0.1) is 0 Å². The van der Waals surface area contributed by atoms with Crippen LogP contribution in [0.1, 0.15) is 11.6 Å². The predicted molar refractivity (Wildman–Crippen MR) is 49.2 cm³/mol. The molecule has 13 heavy (non-hydrogen) atoms. The molecule has 0 spiro atoms. The highest BCUT2D eigenvalue weighted by Gasteiger charge is 2.15. The first-order valence-electron chi connectivity index (χ1n) is 3.54. The van der Waals surface area contributed by atoms with Gasteiger partial charge in [0, 0.05) is 4.91 Å². The molecule has 0 aromatic heterocycles. The number of carbonyl (C=O) groups excluding carboxylic acids is 1. The van der Waals surface area contributed by atoms with Gasteiger partial charge < -0.3 is 0 Å². The van der Waals surface area contributed by atoms with Gasteiger partial charge in [-0.2, -0.15) is 0 Å². The first kappa shape index (κ1) is 9.58. The fourth-order valence-corrected chi connectivity index (χ4v) is 1.10. The molecular formula is C8H6ClN3O. The monoisotopic (exact) mass is 195 g/mol. The molecular weight excluding hydrogens is 190 g/mol. The Morgan fingerprint density at radius 3 is 2.54 bits per heavy atom. The van der Waals surface area contributed by atoms with Gasteiger partial charge in [0.25, 0.3) is 0 Å². The summed E-state index contributed by atoms with van der Waals surface area (Å²) in [6, 6.07) is 7.73. The van der Waals surface area contributed by atoms with Crippen molar-refractivity contribution in [2.75, 3.05) is 0 Å². The third-order valence-corrected chi connectivity index (χ3v) is 1.70. The molecule has 0 saturated carbocycles. The van der Waals surface area contributed by atoms with Crippen LogP contribution in [-0.2, 0) is 4.79 Å². The van der Waals surface area contributed by atoms with Crippen molar-refractivity contribution in [1.82, 2.24) is 0 Å². The normalized spacial score (nSPS) is 11.5. The van der Waals surface area contributed by atoms with Crippen LogP contribution in [0.25, 0.3) is 10.4 Å². The van der Waals surface area contributed by atoms with Crippen LogP contribution in [0.4, 0.5) is 0 Å². The Morgan fingerprint density at radius 1 is 1.46 bits per heavy atom. The zero-order valence-electron chi connectivity index (χ0n) is 6.59. The molecule has 1 rings (SSSR count). The Balaban J connectivity index is 3.02. The standard InChI is InChI=1S/C8H6ClN3O/c9-8(13)7(11-12-10)6-4-2-1-3-5-6/h1-5,7H/t7-/m0/s1. The van der Waals surface area contributed by atoms with E-state index < -0.39 is 11.3 Å². The summed E-state index contributed by atoms with van der Waals surface area (Å²) in [7, 11) is 0. The smallest absolute Gasteiger partial charge is 0.235 e. The number of rotatable bonds is 3. The van der Waals surface area contributed by atoms with Gasteiger partial charge in [-0.05, 0) is 22.7 Å². The summed E-state index contributed by atoms with van der Waals surface area (Å²) in [5, 5.41) is 2.62. The fraction of sp³-hybridized carbons (Fsp3) is 0.125. The van der Waals surface area contributed by atoms with E-state index in [1.165, 1.54) is 0 Å². The lowest BCUT2D eigenvalue weighted by Crippen LogP contribution is -2.02. The molecule has 0 unspecified atom stereocenters. The molecule has 0 amide bonds. The molecule has 0 aliphatic carbocycles. The third-order valence-electron chi connectivity index (χ3n) is 1.50. The van der Waals surface area contributed by atoms with Crippen molar-refractivity contribution >= 4 is 16.8 Å². The fourth-order valence-electron chi connectivity index (χ4n) is 0.930. The number of nitrogens with zero attached hydrogens (tertiary/aromatic N) is 3. The number of benzene rings is 1. The van der Waals surface area contributed by atoms with Crippen molar-refractivity contribution in [3.05, 3.63) is 46.3 Å². The summed E-state index contributed by atoms with van der Waals surface area (Å²) in [6.07, 6.45) is 0. The van der Waals surface area contributed by atoms with Gasteiger partial charge in [0.15, 0.2) is 0 Å². The molecule has 0 bridgehead atoms. The summed E-state index contributed by atoms with van der Waals surface area (Å²) >= 11 is 5.25. The second kappa shape index (κ2) is 4.50. The third kappa shape index (κ3) is 2.47. The molecule has 5 heteroatoms.